The highest BCUT2D eigenvalue weighted by Crippen LogP contribution is 2.40. The van der Waals surface area contributed by atoms with Gasteiger partial charge in [0.2, 0.25) is 5.91 Å². The maximum absolute atomic E-state index is 12.5. The van der Waals surface area contributed by atoms with E-state index in [1.165, 1.54) is 17.7 Å². The Bertz CT molecular complexity index is 1140. The van der Waals surface area contributed by atoms with Gasteiger partial charge in [-0.25, -0.2) is 15.0 Å². The molecule has 3 N–H and O–H groups in total. The molecule has 0 spiro atoms. The average molecular weight is 454 g/mol. The van der Waals surface area contributed by atoms with Gasteiger partial charge in [0.05, 0.1) is 18.1 Å². The molecule has 1 amide bonds. The third-order valence-corrected chi connectivity index (χ3v) is 7.35. The molecular weight excluding hydrogens is 424 g/mol. The van der Waals surface area contributed by atoms with E-state index >= 15 is 0 Å². The molecule has 1 saturated carbocycles. The SMILES string of the molecule is [2H]C1(N2CC(NC(=O)CNc3ncnc4ccc(C)cc34)C2)CCC(O)(c2nccs2)CC1. The Kier molecular flexibility index (Phi) is 5.46. The van der Waals surface area contributed by atoms with Crippen LogP contribution in [0.3, 0.4) is 0 Å². The smallest absolute Gasteiger partial charge is 0.239 e. The van der Waals surface area contributed by atoms with Crippen molar-refractivity contribution in [3.63, 3.8) is 0 Å². The van der Waals surface area contributed by atoms with Crippen molar-refractivity contribution >= 4 is 34.0 Å². The number of hydrogen-bond acceptors (Lipinski definition) is 8. The minimum atomic E-state index is -0.910. The van der Waals surface area contributed by atoms with Gasteiger partial charge in [-0.2, -0.15) is 0 Å². The summed E-state index contributed by atoms with van der Waals surface area (Å²) in [6.45, 7) is 3.45. The van der Waals surface area contributed by atoms with Crippen molar-refractivity contribution in [2.75, 3.05) is 25.0 Å². The summed E-state index contributed by atoms with van der Waals surface area (Å²) in [5, 5.41) is 20.6. The topological polar surface area (TPSA) is 103 Å². The lowest BCUT2D eigenvalue weighted by atomic mass is 9.81. The second-order valence-electron chi connectivity index (χ2n) is 8.70. The number of nitrogens with zero attached hydrogens (tertiary/aromatic N) is 4. The van der Waals surface area contributed by atoms with Crippen LogP contribution in [0.4, 0.5) is 5.82 Å². The van der Waals surface area contributed by atoms with Gasteiger partial charge in [0.25, 0.3) is 0 Å². The summed E-state index contributed by atoms with van der Waals surface area (Å²) in [6.07, 6.45) is 5.46. The summed E-state index contributed by atoms with van der Waals surface area (Å²) in [4.78, 5) is 27.4. The lowest BCUT2D eigenvalue weighted by molar-refractivity contribution is -0.121. The third-order valence-electron chi connectivity index (χ3n) is 6.39. The van der Waals surface area contributed by atoms with Crippen molar-refractivity contribution in [3.05, 3.63) is 46.7 Å². The van der Waals surface area contributed by atoms with Crippen molar-refractivity contribution in [2.45, 2.75) is 50.3 Å². The Labute approximate surface area is 192 Å². The van der Waals surface area contributed by atoms with Crippen molar-refractivity contribution in [3.8, 4) is 0 Å². The lowest BCUT2D eigenvalue weighted by Crippen LogP contribution is -2.63. The molecule has 0 bridgehead atoms. The first-order chi connectivity index (χ1) is 15.8. The first-order valence-corrected chi connectivity index (χ1v) is 11.8. The number of amides is 1. The standard InChI is InChI=1S/C23H28N6O2S/c1-15-2-3-19-18(10-15)21(27-14-26-19)25-11-20(30)28-16-12-29(13-16)17-4-6-23(31,7-5-17)22-24-8-9-32-22/h2-3,8-10,14,16-17,31H,4-7,11-13H2,1H3,(H,28,30)(H,25,26,27)/i17D. The molecule has 2 fully saturated rings. The fraction of sp³-hybridized carbons (Fsp3) is 0.478. The van der Waals surface area contributed by atoms with Crippen LogP contribution in [0.1, 0.15) is 37.6 Å². The number of carbonyl (C=O) groups is 1. The summed E-state index contributed by atoms with van der Waals surface area (Å²) in [7, 11) is 0. The number of nitrogens with one attached hydrogen (secondary N) is 2. The molecule has 3 heterocycles. The van der Waals surface area contributed by atoms with E-state index < -0.39 is 11.6 Å². The van der Waals surface area contributed by atoms with E-state index in [1.807, 2.05) is 30.5 Å². The van der Waals surface area contributed by atoms with Crippen LogP contribution >= 0.6 is 11.3 Å². The summed E-state index contributed by atoms with van der Waals surface area (Å²) in [5.74, 6) is 0.550. The number of aromatic nitrogens is 3. The average Bonchev–Trinajstić information content (AvgIpc) is 3.33. The number of fused-ring (bicyclic) bond motifs is 1. The number of hydrogen-bond donors (Lipinski definition) is 3. The number of anilines is 1. The van der Waals surface area contributed by atoms with Crippen LogP contribution in [-0.2, 0) is 10.4 Å². The van der Waals surface area contributed by atoms with Gasteiger partial charge in [0.15, 0.2) is 0 Å². The van der Waals surface area contributed by atoms with E-state index in [2.05, 4.69) is 30.5 Å². The second kappa shape index (κ2) is 8.73. The van der Waals surface area contributed by atoms with Crippen LogP contribution in [0.5, 0.6) is 0 Å². The largest absolute Gasteiger partial charge is 0.383 e. The molecule has 32 heavy (non-hydrogen) atoms. The first kappa shape index (κ1) is 20.0. The second-order valence-corrected chi connectivity index (χ2v) is 9.60. The van der Waals surface area contributed by atoms with Gasteiger partial charge < -0.3 is 15.7 Å². The summed E-state index contributed by atoms with van der Waals surface area (Å²) >= 11 is 1.47. The number of carbonyl (C=O) groups excluding carboxylic acids is 1. The highest BCUT2D eigenvalue weighted by Gasteiger charge is 2.41. The van der Waals surface area contributed by atoms with Crippen LogP contribution < -0.4 is 10.6 Å². The van der Waals surface area contributed by atoms with Crippen molar-refractivity contribution in [2.24, 2.45) is 0 Å². The number of thiazole rings is 1. The van der Waals surface area contributed by atoms with Crippen molar-refractivity contribution < 1.29 is 11.3 Å². The summed E-state index contributed by atoms with van der Waals surface area (Å²) in [6, 6.07) is 5.29. The Morgan fingerprint density at radius 3 is 2.88 bits per heavy atom. The summed E-state index contributed by atoms with van der Waals surface area (Å²) < 4.78 is 8.90. The fourth-order valence-electron chi connectivity index (χ4n) is 4.52. The molecule has 8 nitrogen and oxygen atoms in total. The fourth-order valence-corrected chi connectivity index (χ4v) is 5.31. The van der Waals surface area contributed by atoms with Crippen LogP contribution in [0, 0.1) is 6.92 Å². The van der Waals surface area contributed by atoms with Crippen LogP contribution in [0.25, 0.3) is 10.9 Å². The maximum Gasteiger partial charge on any atom is 0.239 e. The molecule has 5 rings (SSSR count). The molecule has 0 radical (unpaired) electrons. The van der Waals surface area contributed by atoms with Gasteiger partial charge >= 0.3 is 0 Å². The zero-order valence-electron chi connectivity index (χ0n) is 19.0. The van der Waals surface area contributed by atoms with Crippen LogP contribution in [0.15, 0.2) is 36.1 Å². The zero-order chi connectivity index (χ0) is 23.1. The molecular formula is C23H28N6O2S. The number of rotatable bonds is 6. The number of aryl methyl sites for hydroxylation is 1. The monoisotopic (exact) mass is 453 g/mol. The quantitative estimate of drug-likeness (QED) is 0.527. The molecule has 2 aliphatic rings. The third kappa shape index (κ3) is 4.32. The number of aliphatic hydroxyl groups is 1. The Morgan fingerprint density at radius 1 is 1.31 bits per heavy atom. The Balaban J connectivity index is 1.10. The van der Waals surface area contributed by atoms with E-state index in [-0.39, 0.29) is 18.5 Å². The molecule has 2 aromatic heterocycles. The molecule has 168 valence electrons. The summed E-state index contributed by atoms with van der Waals surface area (Å²) in [5.41, 5.74) is 1.03. The maximum atomic E-state index is 12.5. The highest BCUT2D eigenvalue weighted by atomic mass is 32.1. The van der Waals surface area contributed by atoms with E-state index in [4.69, 9.17) is 1.37 Å². The normalized spacial score (nSPS) is 27.0. The molecule has 1 aromatic carbocycles. The van der Waals surface area contributed by atoms with Crippen molar-refractivity contribution in [1.29, 1.82) is 0 Å². The van der Waals surface area contributed by atoms with Crippen LogP contribution in [0.2, 0.25) is 0 Å². The predicted octanol–water partition coefficient (Wildman–Crippen LogP) is 2.44. The van der Waals surface area contributed by atoms with Crippen molar-refractivity contribution in [1.82, 2.24) is 25.2 Å². The first-order valence-electron chi connectivity index (χ1n) is 11.5. The van der Waals surface area contributed by atoms with Gasteiger partial charge in [-0.3, -0.25) is 9.69 Å². The molecule has 1 aliphatic heterocycles. The number of benzene rings is 1. The van der Waals surface area contributed by atoms with Gasteiger partial charge in [0.1, 0.15) is 22.8 Å². The molecule has 3 aromatic rings. The van der Waals surface area contributed by atoms with Gasteiger partial charge in [-0.1, -0.05) is 11.6 Å². The Morgan fingerprint density at radius 2 is 2.12 bits per heavy atom. The van der Waals surface area contributed by atoms with Gasteiger partial charge in [-0.15, -0.1) is 11.3 Å². The molecule has 1 saturated heterocycles. The Hall–Kier alpha value is -2.62. The molecule has 1 aliphatic carbocycles. The highest BCUT2D eigenvalue weighted by molar-refractivity contribution is 7.09. The molecule has 0 unspecified atom stereocenters. The van der Waals surface area contributed by atoms with E-state index in [9.17, 15) is 9.90 Å². The van der Waals surface area contributed by atoms with Crippen LogP contribution in [-0.4, -0.2) is 62.6 Å². The predicted molar refractivity (Wildman–Crippen MR) is 125 cm³/mol. The molecule has 0 atom stereocenters. The van der Waals surface area contributed by atoms with Gasteiger partial charge in [-0.05, 0) is 44.7 Å². The zero-order valence-corrected chi connectivity index (χ0v) is 18.9. The molecule has 9 heteroatoms. The minimum Gasteiger partial charge on any atom is -0.383 e. The minimum absolute atomic E-state index is 0.0330. The van der Waals surface area contributed by atoms with E-state index in [1.54, 1.807) is 6.20 Å². The van der Waals surface area contributed by atoms with E-state index in [0.29, 0.717) is 44.6 Å². The van der Waals surface area contributed by atoms with E-state index in [0.717, 1.165) is 21.5 Å². The van der Waals surface area contributed by atoms with Gasteiger partial charge in [0, 0.05) is 37.4 Å². The number of likely N-dealkylation sites (tertiary alicyclic amines) is 1. The lowest BCUT2D eigenvalue weighted by Gasteiger charge is -2.47.